The van der Waals surface area contributed by atoms with E-state index in [2.05, 4.69) is 15.3 Å². The fraction of sp³-hybridized carbons (Fsp3) is 0.692. The van der Waals surface area contributed by atoms with E-state index >= 15 is 0 Å². The Bertz CT molecular complexity index is 382. The van der Waals surface area contributed by atoms with Crippen LogP contribution >= 0.6 is 0 Å². The van der Waals surface area contributed by atoms with E-state index in [1.54, 1.807) is 0 Å². The lowest BCUT2D eigenvalue weighted by Crippen LogP contribution is -2.37. The molecule has 2 heterocycles. The molecule has 5 nitrogen and oxygen atoms in total. The van der Waals surface area contributed by atoms with Gasteiger partial charge in [0.1, 0.15) is 5.82 Å². The zero-order valence-corrected chi connectivity index (χ0v) is 11.0. The van der Waals surface area contributed by atoms with Gasteiger partial charge < -0.3 is 15.2 Å². The van der Waals surface area contributed by atoms with Crippen LogP contribution < -0.4 is 5.32 Å². The number of likely N-dealkylation sites (tertiary alicyclic amines) is 1. The SMILES string of the molecule is Cc1ncc(CNCCC(=O)N2CCCCC2)[nH]1. The molecule has 0 atom stereocenters. The third-order valence-corrected chi connectivity index (χ3v) is 3.30. The Hall–Kier alpha value is -1.36. The van der Waals surface area contributed by atoms with Gasteiger partial charge in [0.25, 0.3) is 0 Å². The summed E-state index contributed by atoms with van der Waals surface area (Å²) >= 11 is 0. The second-order valence-corrected chi connectivity index (χ2v) is 4.86. The molecule has 0 unspecified atom stereocenters. The Balaban J connectivity index is 1.61. The molecule has 0 aliphatic carbocycles. The first kappa shape index (κ1) is 13.1. The normalized spacial score (nSPS) is 15.9. The number of nitrogens with zero attached hydrogens (tertiary/aromatic N) is 2. The van der Waals surface area contributed by atoms with Crippen LogP contribution in [0.4, 0.5) is 0 Å². The highest BCUT2D eigenvalue weighted by molar-refractivity contribution is 5.76. The molecule has 5 heteroatoms. The number of rotatable bonds is 5. The van der Waals surface area contributed by atoms with Crippen LogP contribution in [0.5, 0.6) is 0 Å². The Morgan fingerprint density at radius 1 is 1.44 bits per heavy atom. The number of carbonyl (C=O) groups excluding carboxylic acids is 1. The van der Waals surface area contributed by atoms with E-state index in [4.69, 9.17) is 0 Å². The molecule has 18 heavy (non-hydrogen) atoms. The highest BCUT2D eigenvalue weighted by Gasteiger charge is 2.15. The Kier molecular flexibility index (Phi) is 4.75. The van der Waals surface area contributed by atoms with E-state index in [0.29, 0.717) is 6.42 Å². The quantitative estimate of drug-likeness (QED) is 0.772. The number of carbonyl (C=O) groups is 1. The number of hydrogen-bond donors (Lipinski definition) is 2. The van der Waals surface area contributed by atoms with Gasteiger partial charge in [-0.05, 0) is 26.2 Å². The lowest BCUT2D eigenvalue weighted by molar-refractivity contribution is -0.131. The predicted octanol–water partition coefficient (Wildman–Crippen LogP) is 1.21. The third-order valence-electron chi connectivity index (χ3n) is 3.30. The number of aryl methyl sites for hydroxylation is 1. The number of aromatic amines is 1. The molecule has 1 fully saturated rings. The van der Waals surface area contributed by atoms with Gasteiger partial charge in [0.05, 0.1) is 0 Å². The van der Waals surface area contributed by atoms with Crippen LogP contribution in [0.2, 0.25) is 0 Å². The highest BCUT2D eigenvalue weighted by Crippen LogP contribution is 2.09. The number of piperidine rings is 1. The van der Waals surface area contributed by atoms with Crippen LogP contribution in [-0.2, 0) is 11.3 Å². The van der Waals surface area contributed by atoms with E-state index < -0.39 is 0 Å². The summed E-state index contributed by atoms with van der Waals surface area (Å²) in [5, 5.41) is 3.27. The smallest absolute Gasteiger partial charge is 0.223 e. The molecule has 2 rings (SSSR count). The maximum Gasteiger partial charge on any atom is 0.223 e. The summed E-state index contributed by atoms with van der Waals surface area (Å²) in [6.07, 6.45) is 6.00. The third kappa shape index (κ3) is 3.84. The molecule has 0 spiro atoms. The predicted molar refractivity (Wildman–Crippen MR) is 70.1 cm³/mol. The lowest BCUT2D eigenvalue weighted by Gasteiger charge is -2.26. The van der Waals surface area contributed by atoms with Gasteiger partial charge in [0.15, 0.2) is 0 Å². The summed E-state index contributed by atoms with van der Waals surface area (Å²) in [5.41, 5.74) is 1.07. The largest absolute Gasteiger partial charge is 0.345 e. The van der Waals surface area contributed by atoms with Gasteiger partial charge in [0, 0.05) is 44.5 Å². The van der Waals surface area contributed by atoms with Crippen molar-refractivity contribution >= 4 is 5.91 Å². The standard InChI is InChI=1S/C13H22N4O/c1-11-15-10-12(16-11)9-14-6-5-13(18)17-7-3-2-4-8-17/h10,14H,2-9H2,1H3,(H,15,16). The van der Waals surface area contributed by atoms with Crippen LogP contribution in [-0.4, -0.2) is 40.4 Å². The van der Waals surface area contributed by atoms with Gasteiger partial charge in [-0.15, -0.1) is 0 Å². The van der Waals surface area contributed by atoms with Gasteiger partial charge in [-0.1, -0.05) is 0 Å². The molecule has 100 valence electrons. The molecule has 1 aromatic heterocycles. The van der Waals surface area contributed by atoms with Crippen molar-refractivity contribution in [1.82, 2.24) is 20.2 Å². The maximum absolute atomic E-state index is 11.9. The maximum atomic E-state index is 11.9. The van der Waals surface area contributed by atoms with E-state index in [9.17, 15) is 4.79 Å². The topological polar surface area (TPSA) is 61.0 Å². The fourth-order valence-corrected chi connectivity index (χ4v) is 2.28. The van der Waals surface area contributed by atoms with E-state index in [1.165, 1.54) is 6.42 Å². The van der Waals surface area contributed by atoms with Crippen molar-refractivity contribution in [2.24, 2.45) is 0 Å². The number of hydrogen-bond acceptors (Lipinski definition) is 3. The van der Waals surface area contributed by atoms with Crippen molar-refractivity contribution in [3.63, 3.8) is 0 Å². The van der Waals surface area contributed by atoms with Gasteiger partial charge >= 0.3 is 0 Å². The summed E-state index contributed by atoms with van der Waals surface area (Å²) in [6.45, 7) is 5.29. The van der Waals surface area contributed by atoms with Gasteiger partial charge in [-0.2, -0.15) is 0 Å². The second kappa shape index (κ2) is 6.54. The number of imidazole rings is 1. The number of nitrogens with one attached hydrogen (secondary N) is 2. The first-order valence-corrected chi connectivity index (χ1v) is 6.74. The van der Waals surface area contributed by atoms with Crippen molar-refractivity contribution in [3.8, 4) is 0 Å². The Labute approximate surface area is 108 Å². The Morgan fingerprint density at radius 3 is 2.89 bits per heavy atom. The van der Waals surface area contributed by atoms with Crippen molar-refractivity contribution in [2.75, 3.05) is 19.6 Å². The summed E-state index contributed by atoms with van der Waals surface area (Å²) in [5.74, 6) is 1.21. The number of amides is 1. The molecule has 0 aromatic carbocycles. The molecule has 1 saturated heterocycles. The highest BCUT2D eigenvalue weighted by atomic mass is 16.2. The molecule has 1 aliphatic heterocycles. The molecule has 0 radical (unpaired) electrons. The summed E-state index contributed by atoms with van der Waals surface area (Å²) in [4.78, 5) is 21.2. The van der Waals surface area contributed by atoms with Gasteiger partial charge in [0.2, 0.25) is 5.91 Å². The van der Waals surface area contributed by atoms with Crippen molar-refractivity contribution in [2.45, 2.75) is 39.2 Å². The molecular formula is C13H22N4O. The van der Waals surface area contributed by atoms with E-state index in [0.717, 1.165) is 50.5 Å². The van der Waals surface area contributed by atoms with E-state index in [-0.39, 0.29) is 5.91 Å². The first-order valence-electron chi connectivity index (χ1n) is 6.74. The number of H-pyrrole nitrogens is 1. The summed E-state index contributed by atoms with van der Waals surface area (Å²) < 4.78 is 0. The van der Waals surface area contributed by atoms with Gasteiger partial charge in [-0.3, -0.25) is 4.79 Å². The zero-order chi connectivity index (χ0) is 12.8. The minimum absolute atomic E-state index is 0.281. The molecule has 1 amide bonds. The molecule has 1 aromatic rings. The zero-order valence-electron chi connectivity index (χ0n) is 11.0. The van der Waals surface area contributed by atoms with Crippen LogP contribution in [0.15, 0.2) is 6.20 Å². The van der Waals surface area contributed by atoms with Crippen LogP contribution in [0.1, 0.15) is 37.2 Å². The first-order chi connectivity index (χ1) is 8.75. The summed E-state index contributed by atoms with van der Waals surface area (Å²) in [7, 11) is 0. The second-order valence-electron chi connectivity index (χ2n) is 4.86. The van der Waals surface area contributed by atoms with Crippen LogP contribution in [0, 0.1) is 6.92 Å². The van der Waals surface area contributed by atoms with Crippen molar-refractivity contribution in [3.05, 3.63) is 17.7 Å². The average molecular weight is 250 g/mol. The van der Waals surface area contributed by atoms with Crippen molar-refractivity contribution in [1.29, 1.82) is 0 Å². The number of aromatic nitrogens is 2. The van der Waals surface area contributed by atoms with Gasteiger partial charge in [-0.25, -0.2) is 4.98 Å². The minimum atomic E-state index is 0.281. The average Bonchev–Trinajstić information content (AvgIpc) is 2.81. The molecular weight excluding hydrogens is 228 g/mol. The fourth-order valence-electron chi connectivity index (χ4n) is 2.28. The van der Waals surface area contributed by atoms with Crippen LogP contribution in [0.3, 0.4) is 0 Å². The molecule has 1 aliphatic rings. The Morgan fingerprint density at radius 2 is 2.22 bits per heavy atom. The molecule has 0 saturated carbocycles. The van der Waals surface area contributed by atoms with Crippen molar-refractivity contribution < 1.29 is 4.79 Å². The van der Waals surface area contributed by atoms with Crippen LogP contribution in [0.25, 0.3) is 0 Å². The lowest BCUT2D eigenvalue weighted by atomic mass is 10.1. The monoisotopic (exact) mass is 250 g/mol. The van der Waals surface area contributed by atoms with E-state index in [1.807, 2.05) is 18.0 Å². The summed E-state index contributed by atoms with van der Waals surface area (Å²) in [6, 6.07) is 0. The minimum Gasteiger partial charge on any atom is -0.345 e. The molecule has 2 N–H and O–H groups in total. The molecule has 0 bridgehead atoms.